The number of halogens is 1. The molecule has 1 atom stereocenters. The fourth-order valence-corrected chi connectivity index (χ4v) is 4.34. The topological polar surface area (TPSA) is 71.3 Å². The quantitative estimate of drug-likeness (QED) is 0.637. The highest BCUT2D eigenvalue weighted by atomic mass is 19.1. The van der Waals surface area contributed by atoms with E-state index in [1.54, 1.807) is 0 Å². The minimum Gasteiger partial charge on any atom is -0.443 e. The first-order chi connectivity index (χ1) is 14.9. The highest BCUT2D eigenvalue weighted by molar-refractivity contribution is 5.95. The number of benzene rings is 1. The van der Waals surface area contributed by atoms with Gasteiger partial charge in [-0.1, -0.05) is 12.1 Å². The molecular formula is C24H27FN4O2. The van der Waals surface area contributed by atoms with E-state index in [4.69, 9.17) is 4.42 Å². The molecule has 7 heteroatoms. The molecule has 1 saturated heterocycles. The second kappa shape index (κ2) is 7.62. The van der Waals surface area contributed by atoms with Gasteiger partial charge in [0.05, 0.1) is 5.39 Å². The van der Waals surface area contributed by atoms with Gasteiger partial charge in [-0.05, 0) is 75.6 Å². The molecule has 1 N–H and O–H groups in total. The van der Waals surface area contributed by atoms with Crippen molar-refractivity contribution in [2.24, 2.45) is 0 Å². The van der Waals surface area contributed by atoms with E-state index in [1.165, 1.54) is 12.1 Å². The molecular weight excluding hydrogens is 395 g/mol. The Labute approximate surface area is 180 Å². The van der Waals surface area contributed by atoms with E-state index in [9.17, 15) is 9.18 Å². The number of fused-ring (bicyclic) bond motifs is 1. The average Bonchev–Trinajstić information content (AvgIpc) is 3.42. The lowest BCUT2D eigenvalue weighted by molar-refractivity contribution is 0.0749. The number of furan rings is 1. The highest BCUT2D eigenvalue weighted by Gasteiger charge is 2.38. The van der Waals surface area contributed by atoms with Gasteiger partial charge in [0, 0.05) is 18.6 Å². The minimum absolute atomic E-state index is 0.0256. The smallest absolute Gasteiger partial charge is 0.291 e. The number of aryl methyl sites for hydroxylation is 1. The summed E-state index contributed by atoms with van der Waals surface area (Å²) < 4.78 is 19.0. The van der Waals surface area contributed by atoms with Crippen LogP contribution in [0.2, 0.25) is 0 Å². The number of amides is 1. The van der Waals surface area contributed by atoms with E-state index >= 15 is 0 Å². The minimum atomic E-state index is -0.223. The van der Waals surface area contributed by atoms with Crippen LogP contribution in [-0.2, 0) is 0 Å². The van der Waals surface area contributed by atoms with Crippen LogP contribution in [0.4, 0.5) is 10.2 Å². The molecule has 6 nitrogen and oxygen atoms in total. The molecule has 0 radical (unpaired) electrons. The number of rotatable bonds is 4. The van der Waals surface area contributed by atoms with Crippen molar-refractivity contribution in [3.8, 4) is 0 Å². The van der Waals surface area contributed by atoms with E-state index in [1.807, 2.05) is 30.0 Å². The third-order valence-corrected chi connectivity index (χ3v) is 6.48. The Kier molecular flexibility index (Phi) is 4.91. The van der Waals surface area contributed by atoms with Crippen molar-refractivity contribution >= 4 is 22.8 Å². The van der Waals surface area contributed by atoms with Crippen molar-refractivity contribution in [1.82, 2.24) is 14.9 Å². The standard InChI is InChI=1S/C24H27FN4O2/c1-15-14-19-20(28-24(2)10-11-24)26-21(27-22(19)31-15)23(30)29-12-3-4-16(9-13-29)17-5-7-18(25)8-6-17/h5-8,14,16H,3-4,9-13H2,1-2H3,(H,26,27,28). The van der Waals surface area contributed by atoms with Gasteiger partial charge in [0.15, 0.2) is 0 Å². The molecule has 162 valence electrons. The van der Waals surface area contributed by atoms with Gasteiger partial charge in [-0.25, -0.2) is 9.37 Å². The van der Waals surface area contributed by atoms with Crippen LogP contribution in [0.15, 0.2) is 34.7 Å². The summed E-state index contributed by atoms with van der Waals surface area (Å²) in [4.78, 5) is 24.2. The van der Waals surface area contributed by atoms with Crippen LogP contribution < -0.4 is 5.32 Å². The summed E-state index contributed by atoms with van der Waals surface area (Å²) in [5.74, 6) is 1.52. The fraction of sp³-hybridized carbons (Fsp3) is 0.458. The van der Waals surface area contributed by atoms with Gasteiger partial charge in [0.1, 0.15) is 17.4 Å². The molecule has 3 aromatic rings. The predicted octanol–water partition coefficient (Wildman–Crippen LogP) is 5.04. The first kappa shape index (κ1) is 20.0. The Bertz CT molecular complexity index is 1120. The number of aromatic nitrogens is 2. The second-order valence-corrected chi connectivity index (χ2v) is 9.13. The zero-order chi connectivity index (χ0) is 21.6. The molecule has 1 amide bonds. The molecule has 3 heterocycles. The van der Waals surface area contributed by atoms with E-state index in [-0.39, 0.29) is 23.1 Å². The number of carbonyl (C=O) groups is 1. The first-order valence-corrected chi connectivity index (χ1v) is 11.0. The molecule has 1 aromatic carbocycles. The second-order valence-electron chi connectivity index (χ2n) is 9.13. The van der Waals surface area contributed by atoms with Gasteiger partial charge in [0.25, 0.3) is 5.91 Å². The Morgan fingerprint density at radius 1 is 1.19 bits per heavy atom. The van der Waals surface area contributed by atoms with Crippen LogP contribution in [0.3, 0.4) is 0 Å². The van der Waals surface area contributed by atoms with Crippen LogP contribution in [0, 0.1) is 12.7 Å². The maximum atomic E-state index is 13.3. The van der Waals surface area contributed by atoms with Gasteiger partial charge in [-0.2, -0.15) is 4.98 Å². The number of likely N-dealkylation sites (tertiary alicyclic amines) is 1. The predicted molar refractivity (Wildman–Crippen MR) is 117 cm³/mol. The van der Waals surface area contributed by atoms with Gasteiger partial charge >= 0.3 is 0 Å². The van der Waals surface area contributed by atoms with Crippen molar-refractivity contribution in [1.29, 1.82) is 0 Å². The van der Waals surface area contributed by atoms with Gasteiger partial charge in [-0.15, -0.1) is 0 Å². The van der Waals surface area contributed by atoms with E-state index in [0.717, 1.165) is 48.8 Å². The number of nitrogens with one attached hydrogen (secondary N) is 1. The van der Waals surface area contributed by atoms with Crippen molar-refractivity contribution < 1.29 is 13.6 Å². The molecule has 1 unspecified atom stereocenters. The SMILES string of the molecule is Cc1cc2c(NC3(C)CC3)nc(C(=O)N3CCCC(c4ccc(F)cc4)CC3)nc2o1. The summed E-state index contributed by atoms with van der Waals surface area (Å²) in [6.07, 6.45) is 4.85. The van der Waals surface area contributed by atoms with Crippen LogP contribution >= 0.6 is 0 Å². The largest absolute Gasteiger partial charge is 0.443 e. The van der Waals surface area contributed by atoms with Crippen molar-refractivity contribution in [2.45, 2.75) is 57.4 Å². The van der Waals surface area contributed by atoms with Crippen molar-refractivity contribution in [2.75, 3.05) is 18.4 Å². The lowest BCUT2D eigenvalue weighted by Crippen LogP contribution is -2.33. The molecule has 2 fully saturated rings. The first-order valence-electron chi connectivity index (χ1n) is 11.0. The monoisotopic (exact) mass is 422 g/mol. The molecule has 1 aliphatic heterocycles. The van der Waals surface area contributed by atoms with Crippen molar-refractivity contribution in [3.63, 3.8) is 0 Å². The third-order valence-electron chi connectivity index (χ3n) is 6.48. The molecule has 2 aliphatic rings. The molecule has 1 saturated carbocycles. The summed E-state index contributed by atoms with van der Waals surface area (Å²) in [5, 5.41) is 4.29. The Hall–Kier alpha value is -2.96. The van der Waals surface area contributed by atoms with Gasteiger partial charge < -0.3 is 14.6 Å². The van der Waals surface area contributed by atoms with Crippen LogP contribution in [0.1, 0.15) is 66.9 Å². The molecule has 0 bridgehead atoms. The van der Waals surface area contributed by atoms with Crippen LogP contribution in [0.5, 0.6) is 0 Å². The fourth-order valence-electron chi connectivity index (χ4n) is 4.34. The van der Waals surface area contributed by atoms with E-state index < -0.39 is 0 Å². The van der Waals surface area contributed by atoms with Gasteiger partial charge in [-0.3, -0.25) is 4.79 Å². The summed E-state index contributed by atoms with van der Waals surface area (Å²) in [6.45, 7) is 5.31. The number of carbonyl (C=O) groups excluding carboxylic acids is 1. The average molecular weight is 423 g/mol. The highest BCUT2D eigenvalue weighted by Crippen LogP contribution is 2.39. The third kappa shape index (κ3) is 4.13. The normalized spacial score (nSPS) is 20.5. The maximum absolute atomic E-state index is 13.3. The Morgan fingerprint density at radius 2 is 1.97 bits per heavy atom. The summed E-state index contributed by atoms with van der Waals surface area (Å²) >= 11 is 0. The molecule has 1 aliphatic carbocycles. The maximum Gasteiger partial charge on any atom is 0.291 e. The van der Waals surface area contributed by atoms with Crippen LogP contribution in [-0.4, -0.2) is 39.4 Å². The number of nitrogens with zero attached hydrogens (tertiary/aromatic N) is 3. The zero-order valence-electron chi connectivity index (χ0n) is 17.9. The number of anilines is 1. The Morgan fingerprint density at radius 3 is 2.71 bits per heavy atom. The zero-order valence-corrected chi connectivity index (χ0v) is 17.9. The molecule has 31 heavy (non-hydrogen) atoms. The lowest BCUT2D eigenvalue weighted by Gasteiger charge is -2.20. The van der Waals surface area contributed by atoms with E-state index in [0.29, 0.717) is 30.5 Å². The molecule has 5 rings (SSSR count). The van der Waals surface area contributed by atoms with E-state index in [2.05, 4.69) is 22.2 Å². The van der Waals surface area contributed by atoms with Crippen molar-refractivity contribution in [3.05, 3.63) is 53.3 Å². The number of hydrogen-bond donors (Lipinski definition) is 1. The Balaban J connectivity index is 1.37. The van der Waals surface area contributed by atoms with Crippen LogP contribution in [0.25, 0.3) is 11.1 Å². The summed E-state index contributed by atoms with van der Waals surface area (Å²) in [7, 11) is 0. The van der Waals surface area contributed by atoms with Gasteiger partial charge in [0.2, 0.25) is 11.5 Å². The molecule has 0 spiro atoms. The lowest BCUT2D eigenvalue weighted by atomic mass is 9.92. The number of hydrogen-bond acceptors (Lipinski definition) is 5. The summed E-state index contributed by atoms with van der Waals surface area (Å²) in [6, 6.07) is 8.63. The summed E-state index contributed by atoms with van der Waals surface area (Å²) in [5.41, 5.74) is 1.60. The molecule has 2 aromatic heterocycles.